The Morgan fingerprint density at radius 1 is 0.969 bits per heavy atom. The summed E-state index contributed by atoms with van der Waals surface area (Å²) in [7, 11) is 0. The van der Waals surface area contributed by atoms with E-state index in [0.717, 1.165) is 17.0 Å². The molecule has 0 atom stereocenters. The zero-order valence-corrected chi connectivity index (χ0v) is 16.9. The van der Waals surface area contributed by atoms with E-state index in [4.69, 9.17) is 4.74 Å². The number of hydrogen-bond acceptors (Lipinski definition) is 6. The zero-order chi connectivity index (χ0) is 22.1. The first-order valence-electron chi connectivity index (χ1n) is 10.1. The number of rotatable bonds is 4. The van der Waals surface area contributed by atoms with Crippen LogP contribution in [0.5, 0.6) is 0 Å². The molecule has 7 nitrogen and oxygen atoms in total. The van der Waals surface area contributed by atoms with E-state index in [9.17, 15) is 13.2 Å². The number of nitrogens with zero attached hydrogens (tertiary/aromatic N) is 4. The Balaban J connectivity index is 1.61. The third-order valence-corrected chi connectivity index (χ3v) is 5.24. The molecule has 0 amide bonds. The number of morpholine rings is 1. The van der Waals surface area contributed by atoms with Crippen molar-refractivity contribution in [1.29, 1.82) is 0 Å². The third kappa shape index (κ3) is 3.96. The first-order valence-corrected chi connectivity index (χ1v) is 10.1. The van der Waals surface area contributed by atoms with Gasteiger partial charge in [0.2, 0.25) is 0 Å². The molecule has 4 aromatic rings. The van der Waals surface area contributed by atoms with Crippen LogP contribution in [0.15, 0.2) is 54.6 Å². The second-order valence-corrected chi connectivity index (χ2v) is 7.32. The first-order chi connectivity index (χ1) is 15.5. The van der Waals surface area contributed by atoms with Crippen molar-refractivity contribution in [3.05, 3.63) is 60.2 Å². The van der Waals surface area contributed by atoms with Gasteiger partial charge in [-0.15, -0.1) is 0 Å². The lowest BCUT2D eigenvalue weighted by Crippen LogP contribution is -2.36. The number of para-hydroxylation sites is 1. The van der Waals surface area contributed by atoms with Crippen LogP contribution in [0.25, 0.3) is 22.3 Å². The number of halogens is 3. The summed E-state index contributed by atoms with van der Waals surface area (Å²) in [6, 6.07) is 14.6. The van der Waals surface area contributed by atoms with Crippen molar-refractivity contribution in [2.24, 2.45) is 0 Å². The van der Waals surface area contributed by atoms with Crippen LogP contribution >= 0.6 is 0 Å². The van der Waals surface area contributed by atoms with Gasteiger partial charge >= 0.3 is 6.18 Å². The van der Waals surface area contributed by atoms with Gasteiger partial charge < -0.3 is 15.0 Å². The van der Waals surface area contributed by atoms with Crippen molar-refractivity contribution in [3.63, 3.8) is 0 Å². The molecule has 2 aromatic heterocycles. The first kappa shape index (κ1) is 20.3. The number of benzene rings is 2. The fourth-order valence-corrected chi connectivity index (χ4v) is 3.68. The summed E-state index contributed by atoms with van der Waals surface area (Å²) in [6.45, 7) is 2.21. The van der Waals surface area contributed by atoms with Crippen molar-refractivity contribution in [1.82, 2.24) is 20.2 Å². The zero-order valence-electron chi connectivity index (χ0n) is 16.9. The van der Waals surface area contributed by atoms with Crippen LogP contribution in [0.4, 0.5) is 30.6 Å². The Kier molecular flexibility index (Phi) is 5.14. The highest BCUT2D eigenvalue weighted by atomic mass is 19.4. The lowest BCUT2D eigenvalue weighted by Gasteiger charge is -2.28. The molecule has 1 saturated heterocycles. The van der Waals surface area contributed by atoms with Crippen molar-refractivity contribution >= 4 is 28.4 Å². The smallest absolute Gasteiger partial charge is 0.378 e. The molecule has 0 unspecified atom stereocenters. The van der Waals surface area contributed by atoms with Crippen molar-refractivity contribution in [3.8, 4) is 11.4 Å². The van der Waals surface area contributed by atoms with Gasteiger partial charge in [-0.05, 0) is 18.2 Å². The van der Waals surface area contributed by atoms with Crippen molar-refractivity contribution in [2.45, 2.75) is 6.18 Å². The number of alkyl halides is 3. The average molecular weight is 440 g/mol. The second-order valence-electron chi connectivity index (χ2n) is 7.32. The number of ether oxygens (including phenoxy) is 1. The molecular formula is C22H19F3N6O. The number of aromatic nitrogens is 4. The van der Waals surface area contributed by atoms with Crippen LogP contribution in [0.3, 0.4) is 0 Å². The summed E-state index contributed by atoms with van der Waals surface area (Å²) in [5.41, 5.74) is -0.0274. The van der Waals surface area contributed by atoms with E-state index in [1.54, 1.807) is 12.1 Å². The predicted molar refractivity (Wildman–Crippen MR) is 115 cm³/mol. The largest absolute Gasteiger partial charge is 0.417 e. The molecular weight excluding hydrogens is 421 g/mol. The maximum absolute atomic E-state index is 13.7. The molecule has 2 N–H and O–H groups in total. The van der Waals surface area contributed by atoms with Crippen LogP contribution in [0.1, 0.15) is 5.56 Å². The van der Waals surface area contributed by atoms with Gasteiger partial charge in [0.25, 0.3) is 0 Å². The molecule has 5 rings (SSSR count). The Labute approximate surface area is 181 Å². The summed E-state index contributed by atoms with van der Waals surface area (Å²) >= 11 is 0. The number of fused-ring (bicyclic) bond motifs is 1. The highest BCUT2D eigenvalue weighted by Crippen LogP contribution is 2.37. The second kappa shape index (κ2) is 8.12. The summed E-state index contributed by atoms with van der Waals surface area (Å²) in [6.07, 6.45) is -4.53. The number of H-pyrrole nitrogens is 1. The normalized spacial score (nSPS) is 14.7. The molecule has 1 aliphatic rings. The number of nitrogens with one attached hydrogen (secondary N) is 2. The number of aromatic amines is 1. The maximum Gasteiger partial charge on any atom is 0.417 e. The summed E-state index contributed by atoms with van der Waals surface area (Å²) in [4.78, 5) is 10.9. The molecule has 32 heavy (non-hydrogen) atoms. The Morgan fingerprint density at radius 3 is 2.53 bits per heavy atom. The molecule has 3 heterocycles. The van der Waals surface area contributed by atoms with Crippen LogP contribution in [0, 0.1) is 0 Å². The SMILES string of the molecule is FC(F)(F)c1ccccc1-c1nc(Nc2n[nH]c3ccccc23)cc(N2CCOCC2)n1. The fraction of sp³-hybridized carbons (Fsp3) is 0.227. The van der Waals surface area contributed by atoms with Crippen molar-refractivity contribution in [2.75, 3.05) is 36.5 Å². The lowest BCUT2D eigenvalue weighted by molar-refractivity contribution is -0.137. The minimum Gasteiger partial charge on any atom is -0.378 e. The molecule has 0 radical (unpaired) electrons. The Hall–Kier alpha value is -3.66. The summed E-state index contributed by atoms with van der Waals surface area (Å²) < 4.78 is 46.4. The lowest BCUT2D eigenvalue weighted by atomic mass is 10.1. The van der Waals surface area contributed by atoms with Gasteiger partial charge in [0.15, 0.2) is 11.6 Å². The van der Waals surface area contributed by atoms with E-state index < -0.39 is 11.7 Å². The van der Waals surface area contributed by atoms with E-state index in [2.05, 4.69) is 25.5 Å². The van der Waals surface area contributed by atoms with Gasteiger partial charge in [0.1, 0.15) is 11.6 Å². The monoisotopic (exact) mass is 440 g/mol. The third-order valence-electron chi connectivity index (χ3n) is 5.24. The van der Waals surface area contributed by atoms with Gasteiger partial charge in [-0.2, -0.15) is 18.3 Å². The molecule has 1 aliphatic heterocycles. The van der Waals surface area contributed by atoms with E-state index in [1.165, 1.54) is 12.1 Å². The van der Waals surface area contributed by atoms with Crippen LogP contribution < -0.4 is 10.2 Å². The number of hydrogen-bond donors (Lipinski definition) is 2. The molecule has 0 spiro atoms. The highest BCUT2D eigenvalue weighted by molar-refractivity contribution is 5.91. The highest BCUT2D eigenvalue weighted by Gasteiger charge is 2.34. The Bertz CT molecular complexity index is 1250. The topological polar surface area (TPSA) is 79.0 Å². The summed E-state index contributed by atoms with van der Waals surface area (Å²) in [5.74, 6) is 1.40. The minimum atomic E-state index is -4.53. The fourth-order valence-electron chi connectivity index (χ4n) is 3.68. The van der Waals surface area contributed by atoms with E-state index in [0.29, 0.717) is 43.8 Å². The quantitative estimate of drug-likeness (QED) is 0.482. The van der Waals surface area contributed by atoms with Gasteiger partial charge in [-0.1, -0.05) is 30.3 Å². The molecule has 0 saturated carbocycles. The van der Waals surface area contributed by atoms with Gasteiger partial charge in [-0.3, -0.25) is 5.10 Å². The van der Waals surface area contributed by atoms with E-state index in [-0.39, 0.29) is 11.4 Å². The van der Waals surface area contributed by atoms with E-state index >= 15 is 0 Å². The molecule has 1 fully saturated rings. The summed E-state index contributed by atoms with van der Waals surface area (Å²) in [5, 5.41) is 11.2. The Morgan fingerprint density at radius 2 is 1.72 bits per heavy atom. The molecule has 0 bridgehead atoms. The molecule has 2 aromatic carbocycles. The minimum absolute atomic E-state index is 0.00995. The average Bonchev–Trinajstić information content (AvgIpc) is 3.22. The van der Waals surface area contributed by atoms with Gasteiger partial charge in [0, 0.05) is 30.1 Å². The van der Waals surface area contributed by atoms with E-state index in [1.807, 2.05) is 29.2 Å². The molecule has 164 valence electrons. The van der Waals surface area contributed by atoms with Crippen LogP contribution in [-0.4, -0.2) is 46.5 Å². The van der Waals surface area contributed by atoms with Gasteiger partial charge in [-0.25, -0.2) is 9.97 Å². The molecule has 10 heteroatoms. The standard InChI is InChI=1S/C22H19F3N6O/c23-22(24,25)16-7-3-1-5-14(16)20-26-18(13-19(28-20)31-9-11-32-12-10-31)27-21-15-6-2-4-8-17(15)29-30-21/h1-8,13H,9-12H2,(H2,26,27,28,29,30). The van der Waals surface area contributed by atoms with Gasteiger partial charge in [0.05, 0.1) is 24.3 Å². The van der Waals surface area contributed by atoms with Crippen LogP contribution in [-0.2, 0) is 10.9 Å². The van der Waals surface area contributed by atoms with Crippen LogP contribution in [0.2, 0.25) is 0 Å². The van der Waals surface area contributed by atoms with Crippen molar-refractivity contribution < 1.29 is 17.9 Å². The number of anilines is 3. The predicted octanol–water partition coefficient (Wildman–Crippen LogP) is 4.62. The molecule has 0 aliphatic carbocycles. The maximum atomic E-state index is 13.7.